The lowest BCUT2D eigenvalue weighted by Gasteiger charge is -1.85. The highest BCUT2D eigenvalue weighted by Crippen LogP contribution is 1.97. The summed E-state index contributed by atoms with van der Waals surface area (Å²) in [5.74, 6) is 0. The lowest BCUT2D eigenvalue weighted by atomic mass is 10.2. The average Bonchev–Trinajstić information content (AvgIpc) is 2.19. The van der Waals surface area contributed by atoms with E-state index in [-0.39, 0.29) is 1.43 Å². The van der Waals surface area contributed by atoms with Crippen molar-refractivity contribution in [1.82, 2.24) is 0 Å². The van der Waals surface area contributed by atoms with E-state index in [4.69, 9.17) is 0 Å². The number of benzene rings is 1. The maximum atomic E-state index is 3.63. The maximum absolute atomic E-state index is 3.63. The summed E-state index contributed by atoms with van der Waals surface area (Å²) in [6.45, 7) is 7.99. The molecule has 0 heterocycles. The highest BCUT2D eigenvalue weighted by Gasteiger charge is 1.75. The molecule has 0 unspecified atom stereocenters. The molecule has 0 fully saturated rings. The molecule has 0 nitrogen and oxygen atoms in total. The van der Waals surface area contributed by atoms with Crippen LogP contribution >= 0.6 is 0 Å². The Morgan fingerprint density at radius 3 is 1.92 bits per heavy atom. The first-order valence-corrected chi connectivity index (χ1v) is 4.52. The van der Waals surface area contributed by atoms with Crippen LogP contribution in [-0.2, 0) is 0 Å². The molecule has 0 heteroatoms. The summed E-state index contributed by atoms with van der Waals surface area (Å²) in [5, 5.41) is 0. The largest absolute Gasteiger partial charge is 1.00 e. The van der Waals surface area contributed by atoms with Gasteiger partial charge in [0.05, 0.1) is 0 Å². The summed E-state index contributed by atoms with van der Waals surface area (Å²) in [6.07, 6.45) is 4.47. The zero-order chi connectivity index (χ0) is 9.23. The topological polar surface area (TPSA) is 0 Å². The third-order valence-electron chi connectivity index (χ3n) is 1.54. The van der Waals surface area contributed by atoms with Crippen molar-refractivity contribution in [3.63, 3.8) is 0 Å². The molecular weight excluding hydrogens is 144 g/mol. The second-order valence-corrected chi connectivity index (χ2v) is 2.61. The Morgan fingerprint density at radius 2 is 1.67 bits per heavy atom. The number of hydrogen-bond donors (Lipinski definition) is 0. The van der Waals surface area contributed by atoms with Crippen molar-refractivity contribution in [3.05, 3.63) is 42.5 Å². The average molecular weight is 163 g/mol. The van der Waals surface area contributed by atoms with Crippen LogP contribution in [0.5, 0.6) is 0 Å². The molecule has 0 aliphatic carbocycles. The molecule has 1 aromatic rings. The second kappa shape index (κ2) is 8.06. The summed E-state index contributed by atoms with van der Waals surface area (Å²) in [5.41, 5.74) is 1.17. The van der Waals surface area contributed by atoms with Crippen LogP contribution in [-0.4, -0.2) is 0 Å². The molecule has 0 amide bonds. The van der Waals surface area contributed by atoms with Gasteiger partial charge in [0.15, 0.2) is 0 Å². The van der Waals surface area contributed by atoms with Gasteiger partial charge >= 0.3 is 1.43 Å². The highest BCUT2D eigenvalue weighted by molar-refractivity contribution is 5.45. The molecule has 0 bridgehead atoms. The Labute approximate surface area is 77.4 Å². The van der Waals surface area contributed by atoms with E-state index in [1.165, 1.54) is 18.4 Å². The van der Waals surface area contributed by atoms with Crippen molar-refractivity contribution in [1.29, 1.82) is 0 Å². The number of unbranched alkanes of at least 4 members (excludes halogenated alkanes) is 1. The van der Waals surface area contributed by atoms with Crippen LogP contribution in [0.3, 0.4) is 0 Å². The van der Waals surface area contributed by atoms with Crippen LogP contribution in [0, 0.1) is 0 Å². The maximum Gasteiger partial charge on any atom is 1.00 e. The van der Waals surface area contributed by atoms with Gasteiger partial charge in [0.1, 0.15) is 0 Å². The van der Waals surface area contributed by atoms with E-state index in [2.05, 4.69) is 20.4 Å². The van der Waals surface area contributed by atoms with Gasteiger partial charge in [0, 0.05) is 0 Å². The molecule has 0 radical (unpaired) electrons. The fourth-order valence-electron chi connectivity index (χ4n) is 0.589. The van der Waals surface area contributed by atoms with Gasteiger partial charge in [-0.15, -0.1) is 0 Å². The molecule has 0 saturated carbocycles. The number of rotatable bonds is 2. The Morgan fingerprint density at radius 1 is 1.17 bits per heavy atom. The summed E-state index contributed by atoms with van der Waals surface area (Å²) in [7, 11) is 0. The molecule has 1 aromatic carbocycles. The molecule has 66 valence electrons. The van der Waals surface area contributed by atoms with E-state index in [1.807, 2.05) is 36.4 Å². The minimum atomic E-state index is 0. The quantitative estimate of drug-likeness (QED) is 0.611. The van der Waals surface area contributed by atoms with Crippen molar-refractivity contribution < 1.29 is 1.43 Å². The Hall–Kier alpha value is -1.04. The molecule has 0 spiro atoms. The zero-order valence-corrected chi connectivity index (χ0v) is 8.09. The Kier molecular flexibility index (Phi) is 7.36. The molecule has 0 atom stereocenters. The van der Waals surface area contributed by atoms with Crippen LogP contribution < -0.4 is 0 Å². The lowest BCUT2D eigenvalue weighted by Crippen LogP contribution is -1.63. The van der Waals surface area contributed by atoms with Crippen LogP contribution in [0.25, 0.3) is 6.08 Å². The van der Waals surface area contributed by atoms with Gasteiger partial charge in [-0.3, -0.25) is 0 Å². The molecule has 1 rings (SSSR count). The molecule has 12 heavy (non-hydrogen) atoms. The van der Waals surface area contributed by atoms with E-state index in [1.54, 1.807) is 0 Å². The molecule has 0 aliphatic rings. The van der Waals surface area contributed by atoms with Crippen molar-refractivity contribution >= 4 is 6.08 Å². The fourth-order valence-corrected chi connectivity index (χ4v) is 0.589. The van der Waals surface area contributed by atoms with Gasteiger partial charge in [-0.25, -0.2) is 0 Å². The molecule has 0 aromatic heterocycles. The van der Waals surface area contributed by atoms with Crippen LogP contribution in [0.15, 0.2) is 36.9 Å². The predicted molar refractivity (Wildman–Crippen MR) is 58.2 cm³/mol. The van der Waals surface area contributed by atoms with Gasteiger partial charge < -0.3 is 0 Å². The van der Waals surface area contributed by atoms with Crippen molar-refractivity contribution in [3.8, 4) is 0 Å². The minimum Gasteiger partial charge on any atom is -0.0985 e. The van der Waals surface area contributed by atoms with Crippen LogP contribution in [0.1, 0.15) is 33.7 Å². The normalized spacial score (nSPS) is 8.17. The van der Waals surface area contributed by atoms with Crippen LogP contribution in [0.2, 0.25) is 0 Å². The minimum absolute atomic E-state index is 0. The lowest BCUT2D eigenvalue weighted by molar-refractivity contribution is 0.886. The highest BCUT2D eigenvalue weighted by atomic mass is 13.8. The first-order valence-electron chi connectivity index (χ1n) is 4.52. The molecule has 0 N–H and O–H groups in total. The molecular formula is C12H19+. The molecule has 0 saturated heterocycles. The summed E-state index contributed by atoms with van der Waals surface area (Å²) < 4.78 is 0. The standard InChI is InChI=1S/C8H8.C4H10/c1-2-8-6-4-3-5-7-8;1-3-4-2/h2-7H,1H2;3-4H2,1-2H3/p+1. The monoisotopic (exact) mass is 163 g/mol. The fraction of sp³-hybridized carbons (Fsp3) is 0.333. The number of hydrogen-bond acceptors (Lipinski definition) is 0. The van der Waals surface area contributed by atoms with Crippen molar-refractivity contribution in [2.24, 2.45) is 0 Å². The zero-order valence-electron chi connectivity index (χ0n) is 9.09. The summed E-state index contributed by atoms with van der Waals surface area (Å²) in [4.78, 5) is 0. The first kappa shape index (κ1) is 11.0. The van der Waals surface area contributed by atoms with Crippen molar-refractivity contribution in [2.75, 3.05) is 0 Å². The third-order valence-corrected chi connectivity index (χ3v) is 1.54. The van der Waals surface area contributed by atoms with Gasteiger partial charge in [-0.05, 0) is 5.56 Å². The van der Waals surface area contributed by atoms with E-state index < -0.39 is 0 Å². The first-order chi connectivity index (χ1) is 5.85. The third kappa shape index (κ3) is 5.72. The van der Waals surface area contributed by atoms with Gasteiger partial charge in [-0.2, -0.15) is 0 Å². The van der Waals surface area contributed by atoms with Crippen molar-refractivity contribution in [2.45, 2.75) is 26.7 Å². The van der Waals surface area contributed by atoms with Gasteiger partial charge in [-0.1, -0.05) is 69.7 Å². The van der Waals surface area contributed by atoms with E-state index in [9.17, 15) is 0 Å². The Balaban J connectivity index is 0. The van der Waals surface area contributed by atoms with E-state index in [0.29, 0.717) is 0 Å². The smallest absolute Gasteiger partial charge is 0.0985 e. The summed E-state index contributed by atoms with van der Waals surface area (Å²) in [6, 6.07) is 10.0. The van der Waals surface area contributed by atoms with Gasteiger partial charge in [0.2, 0.25) is 0 Å². The van der Waals surface area contributed by atoms with Gasteiger partial charge in [0.25, 0.3) is 0 Å². The summed E-state index contributed by atoms with van der Waals surface area (Å²) >= 11 is 0. The van der Waals surface area contributed by atoms with E-state index in [0.717, 1.165) is 0 Å². The van der Waals surface area contributed by atoms with Crippen LogP contribution in [0.4, 0.5) is 0 Å². The second-order valence-electron chi connectivity index (χ2n) is 2.61. The Bertz CT molecular complexity index is 190. The molecule has 0 aliphatic heterocycles. The predicted octanol–water partition coefficient (Wildman–Crippen LogP) is 4.25. The SMILES string of the molecule is C=Cc1ccccc1.CCCC.[H+]. The van der Waals surface area contributed by atoms with E-state index >= 15 is 0 Å².